The highest BCUT2D eigenvalue weighted by molar-refractivity contribution is 8.00. The first-order valence-electron chi connectivity index (χ1n) is 10.9. The summed E-state index contributed by atoms with van der Waals surface area (Å²) in [6.45, 7) is 2.83. The zero-order valence-electron chi connectivity index (χ0n) is 18.4. The minimum Gasteiger partial charge on any atom is -0.376 e. The van der Waals surface area contributed by atoms with E-state index >= 15 is 0 Å². The monoisotopic (exact) mass is 466 g/mol. The molecule has 2 N–H and O–H groups in total. The topological polar surface area (TPSA) is 104 Å². The minimum atomic E-state index is -0.214. The number of H-pyrrole nitrogens is 1. The molecule has 33 heavy (non-hydrogen) atoms. The standard InChI is InChI=1S/C24H26N4O4S/c1-16(29)25-17-8-10-19(11-9-17)33-15-23(30)28(13-18-5-4-12-32-18)14-22-26-21-7-3-2-6-20(21)24(31)27-22/h2-3,6-11,18H,4-5,12-15H2,1H3,(H,25,29)(H,26,27,31)/t18-/m1/s1. The fraction of sp³-hybridized carbons (Fsp3) is 0.333. The Labute approximate surface area is 195 Å². The summed E-state index contributed by atoms with van der Waals surface area (Å²) >= 11 is 1.42. The maximum Gasteiger partial charge on any atom is 0.258 e. The number of nitrogens with one attached hydrogen (secondary N) is 2. The van der Waals surface area contributed by atoms with Crippen molar-refractivity contribution in [3.63, 3.8) is 0 Å². The summed E-state index contributed by atoms with van der Waals surface area (Å²) in [6.07, 6.45) is 1.87. The van der Waals surface area contributed by atoms with Crippen LogP contribution in [0.25, 0.3) is 10.9 Å². The minimum absolute atomic E-state index is 0.0110. The maximum absolute atomic E-state index is 13.1. The van der Waals surface area contributed by atoms with Gasteiger partial charge in [0, 0.05) is 30.7 Å². The number of carbonyl (C=O) groups is 2. The van der Waals surface area contributed by atoms with Gasteiger partial charge in [0.1, 0.15) is 5.82 Å². The van der Waals surface area contributed by atoms with E-state index in [1.54, 1.807) is 23.1 Å². The van der Waals surface area contributed by atoms with Crippen LogP contribution >= 0.6 is 11.8 Å². The molecule has 0 bridgehead atoms. The van der Waals surface area contributed by atoms with Gasteiger partial charge in [0.15, 0.2) is 0 Å². The van der Waals surface area contributed by atoms with Gasteiger partial charge < -0.3 is 19.9 Å². The van der Waals surface area contributed by atoms with Crippen molar-refractivity contribution in [1.29, 1.82) is 0 Å². The predicted octanol–water partition coefficient (Wildman–Crippen LogP) is 3.18. The van der Waals surface area contributed by atoms with Crippen molar-refractivity contribution < 1.29 is 14.3 Å². The van der Waals surface area contributed by atoms with E-state index in [1.165, 1.54) is 18.7 Å². The van der Waals surface area contributed by atoms with Crippen molar-refractivity contribution in [2.45, 2.75) is 37.3 Å². The van der Waals surface area contributed by atoms with Gasteiger partial charge in [0.05, 0.1) is 29.3 Å². The average Bonchev–Trinajstić information content (AvgIpc) is 3.31. The molecule has 2 amide bonds. The molecular weight excluding hydrogens is 440 g/mol. The normalized spacial score (nSPS) is 15.5. The van der Waals surface area contributed by atoms with Crippen LogP contribution in [0.5, 0.6) is 0 Å². The van der Waals surface area contributed by atoms with Crippen molar-refractivity contribution >= 4 is 40.2 Å². The first kappa shape index (κ1) is 23.0. The molecule has 3 aromatic rings. The van der Waals surface area contributed by atoms with Gasteiger partial charge in [-0.25, -0.2) is 4.98 Å². The first-order chi connectivity index (χ1) is 16.0. The van der Waals surface area contributed by atoms with Crippen LogP contribution in [0.15, 0.2) is 58.2 Å². The highest BCUT2D eigenvalue weighted by atomic mass is 32.2. The Kier molecular flexibility index (Phi) is 7.41. The van der Waals surface area contributed by atoms with E-state index in [9.17, 15) is 14.4 Å². The lowest BCUT2D eigenvalue weighted by atomic mass is 10.2. The molecule has 0 saturated carbocycles. The number of thioether (sulfide) groups is 1. The van der Waals surface area contributed by atoms with Gasteiger partial charge in [-0.2, -0.15) is 0 Å². The van der Waals surface area contributed by atoms with Gasteiger partial charge in [-0.1, -0.05) is 12.1 Å². The van der Waals surface area contributed by atoms with Crippen molar-refractivity contribution in [1.82, 2.24) is 14.9 Å². The number of nitrogens with zero attached hydrogens (tertiary/aromatic N) is 2. The summed E-state index contributed by atoms with van der Waals surface area (Å²) in [5.74, 6) is 0.506. The highest BCUT2D eigenvalue weighted by Gasteiger charge is 2.23. The van der Waals surface area contributed by atoms with Gasteiger partial charge in [0.2, 0.25) is 11.8 Å². The van der Waals surface area contributed by atoms with E-state index in [0.717, 1.165) is 17.7 Å². The largest absolute Gasteiger partial charge is 0.376 e. The number of hydrogen-bond donors (Lipinski definition) is 2. The molecular formula is C24H26N4O4S. The molecule has 2 aromatic carbocycles. The van der Waals surface area contributed by atoms with Gasteiger partial charge >= 0.3 is 0 Å². The van der Waals surface area contributed by atoms with Crippen LogP contribution < -0.4 is 10.9 Å². The molecule has 4 rings (SSSR count). The molecule has 1 aliphatic heterocycles. The molecule has 8 nitrogen and oxygen atoms in total. The number of benzene rings is 2. The SMILES string of the molecule is CC(=O)Nc1ccc(SCC(=O)N(Cc2nc3ccccc3c(=O)[nH]2)C[C@H]2CCCO2)cc1. The number of hydrogen-bond acceptors (Lipinski definition) is 6. The molecule has 0 unspecified atom stereocenters. The molecule has 1 aromatic heterocycles. The third-order valence-electron chi connectivity index (χ3n) is 5.34. The molecule has 9 heteroatoms. The van der Waals surface area contributed by atoms with Crippen molar-refractivity contribution in [2.75, 3.05) is 24.2 Å². The smallest absolute Gasteiger partial charge is 0.258 e. The summed E-state index contributed by atoms with van der Waals surface area (Å²) in [5.41, 5.74) is 1.10. The number of aromatic amines is 1. The third-order valence-corrected chi connectivity index (χ3v) is 6.34. The molecule has 0 aliphatic carbocycles. The van der Waals surface area contributed by atoms with E-state index in [2.05, 4.69) is 15.3 Å². The van der Waals surface area contributed by atoms with Crippen LogP contribution in [-0.2, 0) is 20.9 Å². The van der Waals surface area contributed by atoms with Gasteiger partial charge in [0.25, 0.3) is 5.56 Å². The lowest BCUT2D eigenvalue weighted by molar-refractivity contribution is -0.130. The van der Waals surface area contributed by atoms with Crippen LogP contribution in [0.1, 0.15) is 25.6 Å². The molecule has 172 valence electrons. The molecule has 0 spiro atoms. The van der Waals surface area contributed by atoms with E-state index in [4.69, 9.17) is 4.74 Å². The Bertz CT molecular complexity index is 1190. The van der Waals surface area contributed by atoms with E-state index in [0.29, 0.717) is 35.6 Å². The van der Waals surface area contributed by atoms with Crippen molar-refractivity contribution in [2.24, 2.45) is 0 Å². The number of carbonyl (C=O) groups excluding carboxylic acids is 2. The van der Waals surface area contributed by atoms with Crippen LogP contribution in [0, 0.1) is 0 Å². The summed E-state index contributed by atoms with van der Waals surface area (Å²) in [4.78, 5) is 46.8. The fourth-order valence-electron chi connectivity index (χ4n) is 3.75. The zero-order chi connectivity index (χ0) is 23.2. The molecule has 1 atom stereocenters. The second-order valence-electron chi connectivity index (χ2n) is 7.93. The number of anilines is 1. The lowest BCUT2D eigenvalue weighted by Crippen LogP contribution is -2.38. The quantitative estimate of drug-likeness (QED) is 0.494. The Hall–Kier alpha value is -3.17. The van der Waals surface area contributed by atoms with Crippen LogP contribution in [0.4, 0.5) is 5.69 Å². The van der Waals surface area contributed by atoms with Crippen LogP contribution in [-0.4, -0.2) is 51.7 Å². The molecule has 1 fully saturated rings. The molecule has 1 aliphatic rings. The number of aromatic nitrogens is 2. The Morgan fingerprint density at radius 3 is 2.73 bits per heavy atom. The van der Waals surface area contributed by atoms with E-state index in [1.807, 2.05) is 30.3 Å². The van der Waals surface area contributed by atoms with E-state index in [-0.39, 0.29) is 35.8 Å². The van der Waals surface area contributed by atoms with Gasteiger partial charge in [-0.15, -0.1) is 11.8 Å². The summed E-state index contributed by atoms with van der Waals surface area (Å²) < 4.78 is 5.75. The molecule has 1 saturated heterocycles. The highest BCUT2D eigenvalue weighted by Crippen LogP contribution is 2.22. The maximum atomic E-state index is 13.1. The van der Waals surface area contributed by atoms with E-state index < -0.39 is 0 Å². The van der Waals surface area contributed by atoms with Crippen LogP contribution in [0.3, 0.4) is 0 Å². The first-order valence-corrected chi connectivity index (χ1v) is 11.8. The van der Waals surface area contributed by atoms with Crippen molar-refractivity contribution in [3.05, 3.63) is 64.7 Å². The number of amides is 2. The van der Waals surface area contributed by atoms with Gasteiger partial charge in [-0.05, 0) is 49.2 Å². The lowest BCUT2D eigenvalue weighted by Gasteiger charge is -2.25. The van der Waals surface area contributed by atoms with Crippen LogP contribution in [0.2, 0.25) is 0 Å². The molecule has 2 heterocycles. The number of ether oxygens (including phenoxy) is 1. The van der Waals surface area contributed by atoms with Crippen molar-refractivity contribution in [3.8, 4) is 0 Å². The Morgan fingerprint density at radius 1 is 1.21 bits per heavy atom. The summed E-state index contributed by atoms with van der Waals surface area (Å²) in [7, 11) is 0. The van der Waals surface area contributed by atoms with Gasteiger partial charge in [-0.3, -0.25) is 14.4 Å². The fourth-order valence-corrected chi connectivity index (χ4v) is 4.55. The number of fused-ring (bicyclic) bond motifs is 1. The summed E-state index contributed by atoms with van der Waals surface area (Å²) in [6, 6.07) is 14.5. The number of para-hydroxylation sites is 1. The molecule has 0 radical (unpaired) electrons. The zero-order valence-corrected chi connectivity index (χ0v) is 19.2. The second-order valence-corrected chi connectivity index (χ2v) is 8.98. The Morgan fingerprint density at radius 2 is 2.00 bits per heavy atom. The number of rotatable bonds is 8. The second kappa shape index (κ2) is 10.6. The third kappa shape index (κ3) is 6.21. The summed E-state index contributed by atoms with van der Waals surface area (Å²) in [5, 5.41) is 3.25. The Balaban J connectivity index is 1.46. The average molecular weight is 467 g/mol. The predicted molar refractivity (Wildman–Crippen MR) is 128 cm³/mol.